The first kappa shape index (κ1) is 12.5. The zero-order valence-corrected chi connectivity index (χ0v) is 9.67. The predicted octanol–water partition coefficient (Wildman–Crippen LogP) is 1.30. The van der Waals surface area contributed by atoms with Crippen molar-refractivity contribution in [3.8, 4) is 0 Å². The maximum atomic E-state index is 12.7. The van der Waals surface area contributed by atoms with Gasteiger partial charge in [-0.05, 0) is 25.0 Å². The third kappa shape index (κ3) is 3.03. The molecule has 6 heteroatoms. The molecule has 96 valence electrons. The predicted molar refractivity (Wildman–Crippen MR) is 60.5 cm³/mol. The molecule has 1 heterocycles. The van der Waals surface area contributed by atoms with E-state index in [0.29, 0.717) is 0 Å². The summed E-state index contributed by atoms with van der Waals surface area (Å²) in [6, 6.07) is 2.60. The Bertz CT molecular complexity index is 457. The van der Waals surface area contributed by atoms with E-state index in [-0.39, 0.29) is 30.5 Å². The quantitative estimate of drug-likeness (QED) is 0.802. The van der Waals surface area contributed by atoms with Crippen molar-refractivity contribution >= 4 is 11.9 Å². The van der Waals surface area contributed by atoms with Crippen molar-refractivity contribution in [2.45, 2.75) is 25.3 Å². The molecule has 0 spiro atoms. The monoisotopic (exact) mass is 252 g/mol. The summed E-state index contributed by atoms with van der Waals surface area (Å²) in [7, 11) is 0. The molecular formula is C12H13FN2O3. The summed E-state index contributed by atoms with van der Waals surface area (Å²) in [5, 5.41) is 8.65. The summed E-state index contributed by atoms with van der Waals surface area (Å²) in [6.07, 6.45) is 2.87. The van der Waals surface area contributed by atoms with Gasteiger partial charge in [0.25, 0.3) is 5.91 Å². The van der Waals surface area contributed by atoms with Crippen LogP contribution in [0.4, 0.5) is 4.39 Å². The number of pyridine rings is 1. The second kappa shape index (κ2) is 5.12. The highest BCUT2D eigenvalue weighted by molar-refractivity contribution is 5.94. The van der Waals surface area contributed by atoms with E-state index < -0.39 is 11.9 Å². The molecule has 2 rings (SSSR count). The van der Waals surface area contributed by atoms with Crippen LogP contribution >= 0.6 is 0 Å². The lowest BCUT2D eigenvalue weighted by molar-refractivity contribution is -0.137. The molecule has 0 unspecified atom stereocenters. The van der Waals surface area contributed by atoms with E-state index in [0.717, 1.165) is 18.9 Å². The lowest BCUT2D eigenvalue weighted by atomic mass is 10.2. The van der Waals surface area contributed by atoms with Crippen molar-refractivity contribution < 1.29 is 19.1 Å². The molecule has 1 N–H and O–H groups in total. The number of carbonyl (C=O) groups is 2. The van der Waals surface area contributed by atoms with Crippen molar-refractivity contribution in [1.29, 1.82) is 0 Å². The zero-order chi connectivity index (χ0) is 13.1. The average Bonchev–Trinajstić information content (AvgIpc) is 3.14. The number of hydrogen-bond donors (Lipinski definition) is 1. The topological polar surface area (TPSA) is 70.5 Å². The molecule has 1 aromatic heterocycles. The first-order valence-corrected chi connectivity index (χ1v) is 5.72. The Hall–Kier alpha value is -1.98. The van der Waals surface area contributed by atoms with E-state index in [1.54, 1.807) is 0 Å². The molecule has 1 saturated carbocycles. The van der Waals surface area contributed by atoms with Crippen LogP contribution in [0.5, 0.6) is 0 Å². The van der Waals surface area contributed by atoms with E-state index >= 15 is 0 Å². The number of halogens is 1. The number of hydrogen-bond acceptors (Lipinski definition) is 3. The van der Waals surface area contributed by atoms with E-state index in [4.69, 9.17) is 5.11 Å². The second-order valence-electron chi connectivity index (χ2n) is 4.24. The number of aliphatic carboxylic acids is 1. The van der Waals surface area contributed by atoms with Crippen LogP contribution in [0.15, 0.2) is 18.3 Å². The highest BCUT2D eigenvalue weighted by atomic mass is 19.1. The number of amides is 1. The Kier molecular flexibility index (Phi) is 3.55. The van der Waals surface area contributed by atoms with Gasteiger partial charge in [0.1, 0.15) is 0 Å². The molecule has 1 amide bonds. The van der Waals surface area contributed by atoms with Gasteiger partial charge >= 0.3 is 5.97 Å². The fraction of sp³-hybridized carbons (Fsp3) is 0.417. The van der Waals surface area contributed by atoms with Crippen LogP contribution in [-0.4, -0.2) is 39.5 Å². The maximum absolute atomic E-state index is 12.7. The number of rotatable bonds is 5. The molecule has 1 fully saturated rings. The minimum atomic E-state index is -0.939. The van der Waals surface area contributed by atoms with Gasteiger partial charge in [-0.1, -0.05) is 0 Å². The Morgan fingerprint density at radius 2 is 2.17 bits per heavy atom. The number of carboxylic acids is 1. The first-order valence-electron chi connectivity index (χ1n) is 5.72. The minimum absolute atomic E-state index is 0.0864. The Balaban J connectivity index is 2.07. The van der Waals surface area contributed by atoms with Crippen molar-refractivity contribution in [3.63, 3.8) is 0 Å². The average molecular weight is 252 g/mol. The summed E-state index contributed by atoms with van der Waals surface area (Å²) in [6.45, 7) is 0.177. The number of carboxylic acid groups (broad SMARTS) is 1. The van der Waals surface area contributed by atoms with E-state index in [1.807, 2.05) is 0 Å². The van der Waals surface area contributed by atoms with Crippen LogP contribution in [0.2, 0.25) is 0 Å². The summed E-state index contributed by atoms with van der Waals surface area (Å²) < 4.78 is 12.7. The maximum Gasteiger partial charge on any atom is 0.305 e. The molecule has 0 bridgehead atoms. The molecule has 0 aromatic carbocycles. The fourth-order valence-corrected chi connectivity index (χ4v) is 1.72. The lowest BCUT2D eigenvalue weighted by Crippen LogP contribution is -2.35. The Morgan fingerprint density at radius 1 is 1.44 bits per heavy atom. The zero-order valence-electron chi connectivity index (χ0n) is 9.67. The van der Waals surface area contributed by atoms with Gasteiger partial charge in [-0.2, -0.15) is 4.39 Å². The largest absolute Gasteiger partial charge is 0.481 e. The van der Waals surface area contributed by atoms with Gasteiger partial charge in [0.05, 0.1) is 12.0 Å². The van der Waals surface area contributed by atoms with Crippen molar-refractivity contribution in [2.24, 2.45) is 0 Å². The SMILES string of the molecule is O=C(O)CCN(C(=O)c1ccc(F)nc1)C1CC1. The van der Waals surface area contributed by atoms with Gasteiger partial charge in [0.15, 0.2) is 0 Å². The Morgan fingerprint density at radius 3 is 2.67 bits per heavy atom. The molecule has 1 aromatic rings. The van der Waals surface area contributed by atoms with Crippen molar-refractivity contribution in [1.82, 2.24) is 9.88 Å². The molecule has 0 atom stereocenters. The lowest BCUT2D eigenvalue weighted by Gasteiger charge is -2.21. The van der Waals surface area contributed by atoms with Gasteiger partial charge in [-0.25, -0.2) is 4.98 Å². The van der Waals surface area contributed by atoms with Gasteiger partial charge in [0, 0.05) is 18.8 Å². The molecule has 18 heavy (non-hydrogen) atoms. The normalized spacial score (nSPS) is 14.3. The number of carbonyl (C=O) groups excluding carboxylic acids is 1. The molecule has 0 radical (unpaired) electrons. The number of nitrogens with zero attached hydrogens (tertiary/aromatic N) is 2. The minimum Gasteiger partial charge on any atom is -0.481 e. The summed E-state index contributed by atoms with van der Waals surface area (Å²) in [5.74, 6) is -1.87. The van der Waals surface area contributed by atoms with Gasteiger partial charge < -0.3 is 10.0 Å². The third-order valence-corrected chi connectivity index (χ3v) is 2.79. The van der Waals surface area contributed by atoms with E-state index in [2.05, 4.69) is 4.98 Å². The standard InChI is InChI=1S/C12H13FN2O3/c13-10-4-1-8(7-14-10)12(18)15(9-2-3-9)6-5-11(16)17/h1,4,7,9H,2-3,5-6H2,(H,16,17). The molecule has 0 aliphatic heterocycles. The highest BCUT2D eigenvalue weighted by Crippen LogP contribution is 2.28. The van der Waals surface area contributed by atoms with Crippen molar-refractivity contribution in [2.75, 3.05) is 6.54 Å². The smallest absolute Gasteiger partial charge is 0.305 e. The van der Waals surface area contributed by atoms with Crippen LogP contribution in [0, 0.1) is 5.95 Å². The highest BCUT2D eigenvalue weighted by Gasteiger charge is 2.33. The second-order valence-corrected chi connectivity index (χ2v) is 4.24. The van der Waals surface area contributed by atoms with Crippen LogP contribution in [0.1, 0.15) is 29.6 Å². The Labute approximate surface area is 103 Å². The van der Waals surface area contributed by atoms with Gasteiger partial charge in [-0.15, -0.1) is 0 Å². The van der Waals surface area contributed by atoms with Crippen LogP contribution in [-0.2, 0) is 4.79 Å². The van der Waals surface area contributed by atoms with Crippen LogP contribution in [0.3, 0.4) is 0 Å². The molecule has 1 aliphatic carbocycles. The molecule has 1 aliphatic rings. The molecule has 5 nitrogen and oxygen atoms in total. The van der Waals surface area contributed by atoms with E-state index in [1.165, 1.54) is 17.2 Å². The van der Waals surface area contributed by atoms with Crippen molar-refractivity contribution in [3.05, 3.63) is 29.8 Å². The first-order chi connectivity index (χ1) is 8.58. The van der Waals surface area contributed by atoms with E-state index in [9.17, 15) is 14.0 Å². The summed E-state index contributed by atoms with van der Waals surface area (Å²) >= 11 is 0. The van der Waals surface area contributed by atoms with Crippen LogP contribution in [0.25, 0.3) is 0 Å². The third-order valence-electron chi connectivity index (χ3n) is 2.79. The summed E-state index contributed by atoms with van der Waals surface area (Å²) in [5.41, 5.74) is 0.286. The van der Waals surface area contributed by atoms with Gasteiger partial charge in [0.2, 0.25) is 5.95 Å². The van der Waals surface area contributed by atoms with Crippen LogP contribution < -0.4 is 0 Å². The fourth-order valence-electron chi connectivity index (χ4n) is 1.72. The van der Waals surface area contributed by atoms with Gasteiger partial charge in [-0.3, -0.25) is 9.59 Å². The molecular weight excluding hydrogens is 239 g/mol. The summed E-state index contributed by atoms with van der Waals surface area (Å²) in [4.78, 5) is 27.6. The molecule has 0 saturated heterocycles. The number of aromatic nitrogens is 1.